The molecule has 1 saturated carbocycles. The zero-order valence-corrected chi connectivity index (χ0v) is 21.0. The van der Waals surface area contributed by atoms with Crippen LogP contribution in [0.1, 0.15) is 73.0 Å². The highest BCUT2D eigenvalue weighted by Crippen LogP contribution is 2.46. The topological polar surface area (TPSA) is 51.5 Å². The van der Waals surface area contributed by atoms with E-state index in [1.165, 1.54) is 49.1 Å². The van der Waals surface area contributed by atoms with Crippen LogP contribution in [0.2, 0.25) is 0 Å². The van der Waals surface area contributed by atoms with E-state index in [0.29, 0.717) is 18.1 Å². The van der Waals surface area contributed by atoms with Crippen LogP contribution in [0.3, 0.4) is 0 Å². The van der Waals surface area contributed by atoms with Crippen molar-refractivity contribution in [2.45, 2.75) is 58.0 Å². The lowest BCUT2D eigenvalue weighted by Crippen LogP contribution is -2.37. The number of carbonyl (C=O) groups is 1. The van der Waals surface area contributed by atoms with E-state index < -0.39 is 0 Å². The Bertz CT molecular complexity index is 1300. The van der Waals surface area contributed by atoms with Gasteiger partial charge >= 0.3 is 0 Å². The molecular formula is C30H33FN2O3. The molecule has 0 bridgehead atoms. The fourth-order valence-electron chi connectivity index (χ4n) is 5.26. The predicted octanol–water partition coefficient (Wildman–Crippen LogP) is 5.97. The molecule has 1 aliphatic heterocycles. The maximum absolute atomic E-state index is 13.5. The third kappa shape index (κ3) is 5.29. The Hall–Kier alpha value is -3.25. The first-order valence-electron chi connectivity index (χ1n) is 12.9. The van der Waals surface area contributed by atoms with Gasteiger partial charge in [0.2, 0.25) is 0 Å². The number of likely N-dealkylation sites (tertiary alicyclic amines) is 1. The van der Waals surface area contributed by atoms with Crippen molar-refractivity contribution in [1.29, 1.82) is 0 Å². The highest BCUT2D eigenvalue weighted by molar-refractivity contribution is 5.93. The second-order valence-corrected chi connectivity index (χ2v) is 9.99. The van der Waals surface area contributed by atoms with E-state index in [4.69, 9.17) is 4.74 Å². The molecule has 0 atom stereocenters. The number of ketones is 1. The van der Waals surface area contributed by atoms with E-state index >= 15 is 0 Å². The number of halogens is 1. The van der Waals surface area contributed by atoms with Crippen molar-refractivity contribution in [1.82, 2.24) is 9.47 Å². The van der Waals surface area contributed by atoms with Crippen molar-refractivity contribution >= 4 is 5.78 Å². The molecule has 2 aliphatic rings. The molecular weight excluding hydrogens is 455 g/mol. The molecule has 188 valence electrons. The van der Waals surface area contributed by atoms with Crippen LogP contribution in [0.4, 0.5) is 4.39 Å². The number of Topliss-reactive ketones (excluding diaryl/α,β-unsaturated/α-hetero) is 1. The van der Waals surface area contributed by atoms with Crippen LogP contribution >= 0.6 is 0 Å². The molecule has 0 amide bonds. The molecule has 36 heavy (non-hydrogen) atoms. The third-order valence-corrected chi connectivity index (χ3v) is 7.39. The van der Waals surface area contributed by atoms with Gasteiger partial charge in [0.25, 0.3) is 5.56 Å². The Morgan fingerprint density at radius 2 is 1.75 bits per heavy atom. The smallest absolute Gasteiger partial charge is 0.250 e. The lowest BCUT2D eigenvalue weighted by atomic mass is 9.93. The van der Waals surface area contributed by atoms with Gasteiger partial charge in [-0.15, -0.1) is 0 Å². The molecule has 6 heteroatoms. The van der Waals surface area contributed by atoms with Crippen molar-refractivity contribution in [2.24, 2.45) is 0 Å². The van der Waals surface area contributed by atoms with E-state index in [2.05, 4.69) is 17.0 Å². The number of hydrogen-bond donors (Lipinski definition) is 0. The summed E-state index contributed by atoms with van der Waals surface area (Å²) in [6, 6.07) is 14.4. The zero-order chi connectivity index (χ0) is 25.2. The summed E-state index contributed by atoms with van der Waals surface area (Å²) in [6.45, 7) is 6.62. The van der Waals surface area contributed by atoms with Gasteiger partial charge in [0.1, 0.15) is 11.6 Å². The van der Waals surface area contributed by atoms with Gasteiger partial charge in [-0.3, -0.25) is 14.5 Å². The lowest BCUT2D eigenvalue weighted by Gasteiger charge is -2.33. The number of pyridine rings is 1. The van der Waals surface area contributed by atoms with Crippen LogP contribution in [-0.2, 0) is 6.54 Å². The Kier molecular flexibility index (Phi) is 7.06. The van der Waals surface area contributed by atoms with Crippen molar-refractivity contribution in [3.05, 3.63) is 87.6 Å². The van der Waals surface area contributed by atoms with Crippen LogP contribution in [-0.4, -0.2) is 34.9 Å². The monoisotopic (exact) mass is 488 g/mol. The average molecular weight is 489 g/mol. The summed E-state index contributed by atoms with van der Waals surface area (Å²) in [5, 5.41) is 0. The maximum atomic E-state index is 13.5. The summed E-state index contributed by atoms with van der Waals surface area (Å²) >= 11 is 0. The predicted molar refractivity (Wildman–Crippen MR) is 139 cm³/mol. The summed E-state index contributed by atoms with van der Waals surface area (Å²) < 4.78 is 21.4. The normalized spacial score (nSPS) is 16.8. The van der Waals surface area contributed by atoms with E-state index in [-0.39, 0.29) is 23.2 Å². The first kappa shape index (κ1) is 24.4. The zero-order valence-electron chi connectivity index (χ0n) is 21.0. The number of rotatable bonds is 8. The molecule has 5 nitrogen and oxygen atoms in total. The van der Waals surface area contributed by atoms with Gasteiger partial charge < -0.3 is 9.30 Å². The number of nitrogens with zero attached hydrogens (tertiary/aromatic N) is 2. The van der Waals surface area contributed by atoms with Crippen LogP contribution in [0.25, 0.3) is 11.1 Å². The molecule has 0 spiro atoms. The number of carbonyl (C=O) groups excluding carboxylic acids is 1. The Morgan fingerprint density at radius 1 is 1.03 bits per heavy atom. The lowest BCUT2D eigenvalue weighted by molar-refractivity contribution is 0.101. The number of benzene rings is 2. The standard InChI is InChI=1S/C30H33FN2O3/c1-3-36-29-17-28(22-6-9-25(31)10-7-22)27(21-4-5-21)16-24(29)18-32-14-12-26(13-15-32)33-19-23(20(2)34)8-11-30(33)35/h6-11,16-17,19,21,26H,3-5,12-15,18H2,1-2H3. The van der Waals surface area contributed by atoms with Gasteiger partial charge in [-0.2, -0.15) is 0 Å². The first-order valence-corrected chi connectivity index (χ1v) is 12.9. The van der Waals surface area contributed by atoms with Gasteiger partial charge in [0.05, 0.1) is 6.61 Å². The van der Waals surface area contributed by atoms with Gasteiger partial charge in [0, 0.05) is 49.1 Å². The average Bonchev–Trinajstić information content (AvgIpc) is 3.72. The third-order valence-electron chi connectivity index (χ3n) is 7.39. The molecule has 1 aromatic heterocycles. The fraction of sp³-hybridized carbons (Fsp3) is 0.400. The van der Waals surface area contributed by atoms with Crippen LogP contribution < -0.4 is 10.3 Å². The quantitative estimate of drug-likeness (QED) is 0.367. The van der Waals surface area contributed by atoms with Crippen LogP contribution in [0.15, 0.2) is 59.5 Å². The maximum Gasteiger partial charge on any atom is 0.250 e. The van der Waals surface area contributed by atoms with Crippen LogP contribution in [0.5, 0.6) is 5.75 Å². The van der Waals surface area contributed by atoms with Crippen molar-refractivity contribution in [3.8, 4) is 16.9 Å². The second-order valence-electron chi connectivity index (χ2n) is 9.99. The molecule has 5 rings (SSSR count). The number of aromatic nitrogens is 1. The summed E-state index contributed by atoms with van der Waals surface area (Å²) in [5.74, 6) is 1.17. The highest BCUT2D eigenvalue weighted by atomic mass is 19.1. The SMILES string of the molecule is CCOc1cc(-c2ccc(F)cc2)c(C2CC2)cc1CN1CCC(n2cc(C(C)=O)ccc2=O)CC1. The molecule has 0 unspecified atom stereocenters. The summed E-state index contributed by atoms with van der Waals surface area (Å²) in [5.41, 5.74) is 5.18. The van der Waals surface area contributed by atoms with E-state index in [9.17, 15) is 14.0 Å². The summed E-state index contributed by atoms with van der Waals surface area (Å²) in [4.78, 5) is 26.7. The fourth-order valence-corrected chi connectivity index (χ4v) is 5.26. The molecule has 2 fully saturated rings. The van der Waals surface area contributed by atoms with Crippen molar-refractivity contribution < 1.29 is 13.9 Å². The van der Waals surface area contributed by atoms with Gasteiger partial charge in [-0.1, -0.05) is 12.1 Å². The highest BCUT2D eigenvalue weighted by Gasteiger charge is 2.29. The van der Waals surface area contributed by atoms with Crippen molar-refractivity contribution in [2.75, 3.05) is 19.7 Å². The minimum Gasteiger partial charge on any atom is -0.494 e. The first-order chi connectivity index (χ1) is 17.4. The number of hydrogen-bond acceptors (Lipinski definition) is 4. The second kappa shape index (κ2) is 10.4. The Balaban J connectivity index is 1.36. The molecule has 2 aromatic carbocycles. The number of piperidine rings is 1. The molecule has 0 N–H and O–H groups in total. The molecule has 3 aromatic rings. The minimum atomic E-state index is -0.230. The Morgan fingerprint density at radius 3 is 2.39 bits per heavy atom. The molecule has 1 aliphatic carbocycles. The van der Waals surface area contributed by atoms with Crippen LogP contribution in [0, 0.1) is 5.82 Å². The summed E-state index contributed by atoms with van der Waals surface area (Å²) in [7, 11) is 0. The minimum absolute atomic E-state index is 0.0276. The summed E-state index contributed by atoms with van der Waals surface area (Å²) in [6.07, 6.45) is 5.79. The number of ether oxygens (including phenoxy) is 1. The molecule has 1 saturated heterocycles. The van der Waals surface area contributed by atoms with Crippen molar-refractivity contribution in [3.63, 3.8) is 0 Å². The molecule has 0 radical (unpaired) electrons. The van der Waals surface area contributed by atoms with Gasteiger partial charge in [-0.05, 0) is 92.5 Å². The largest absolute Gasteiger partial charge is 0.494 e. The van der Waals surface area contributed by atoms with E-state index in [1.807, 2.05) is 19.1 Å². The van der Waals surface area contributed by atoms with Gasteiger partial charge in [-0.25, -0.2) is 4.39 Å². The van der Waals surface area contributed by atoms with Gasteiger partial charge in [0.15, 0.2) is 5.78 Å². The van der Waals surface area contributed by atoms with E-state index in [0.717, 1.165) is 49.4 Å². The Labute approximate surface area is 211 Å². The molecule has 2 heterocycles. The van der Waals surface area contributed by atoms with E-state index in [1.54, 1.807) is 16.8 Å².